The zero-order valence-electron chi connectivity index (χ0n) is 45.4. The van der Waals surface area contributed by atoms with Crippen molar-refractivity contribution in [1.82, 2.24) is 39.5 Å². The number of nitrogens with one attached hydrogen (secondary N) is 3. The highest BCUT2D eigenvalue weighted by atomic mass is 35.5. The minimum Gasteiger partial charge on any atom is -0.399 e. The highest BCUT2D eigenvalue weighted by Crippen LogP contribution is 2.40. The van der Waals surface area contributed by atoms with Crippen molar-refractivity contribution in [2.24, 2.45) is 0 Å². The van der Waals surface area contributed by atoms with Crippen LogP contribution in [0.25, 0.3) is 0 Å². The summed E-state index contributed by atoms with van der Waals surface area (Å²) in [4.78, 5) is 30.9. The molecule has 2 aromatic heterocycles. The fourth-order valence-electron chi connectivity index (χ4n) is 12.6. The van der Waals surface area contributed by atoms with E-state index in [0.717, 1.165) is 102 Å². The predicted molar refractivity (Wildman–Crippen MR) is 298 cm³/mol. The average molecular weight is 1050 g/mol. The van der Waals surface area contributed by atoms with Gasteiger partial charge in [0, 0.05) is 111 Å². The second-order valence-electron chi connectivity index (χ2n) is 23.0. The third kappa shape index (κ3) is 13.7. The maximum Gasteiger partial charge on any atom is 0.229 e. The quantitative estimate of drug-likeness (QED) is 0.0871. The zero-order chi connectivity index (χ0) is 53.6. The summed E-state index contributed by atoms with van der Waals surface area (Å²) in [5.74, 6) is -0.141. The third-order valence-electron chi connectivity index (χ3n) is 16.3. The molecule has 6 aliphatic heterocycles. The Balaban J connectivity index is 0.000000165. The van der Waals surface area contributed by atoms with E-state index in [1.54, 1.807) is 6.07 Å². The topological polar surface area (TPSA) is 181 Å². The molecule has 0 amide bonds. The van der Waals surface area contributed by atoms with Crippen LogP contribution in [-0.4, -0.2) is 152 Å². The van der Waals surface area contributed by atoms with Crippen LogP contribution in [0.1, 0.15) is 118 Å². The first-order valence-corrected chi connectivity index (χ1v) is 27.5. The lowest BCUT2D eigenvalue weighted by atomic mass is 9.84. The van der Waals surface area contributed by atoms with Crippen LogP contribution in [0.4, 0.5) is 49.1 Å². The van der Waals surface area contributed by atoms with Crippen LogP contribution in [0.5, 0.6) is 0 Å². The van der Waals surface area contributed by atoms with Crippen molar-refractivity contribution in [3.05, 3.63) is 76.8 Å². The molecule has 6 fully saturated rings. The normalized spacial score (nSPS) is 23.7. The molecular weight excluding hydrogens is 970 g/mol. The lowest BCUT2D eigenvalue weighted by molar-refractivity contribution is 0.0498. The smallest absolute Gasteiger partial charge is 0.229 e. The molecule has 6 aliphatic rings. The number of nitrogens with zero attached hydrogens (tertiary/aromatic N) is 12. The molecule has 4 atom stereocenters. The molecule has 75 heavy (non-hydrogen) atoms. The molecule has 4 aromatic rings. The molecule has 0 saturated carbocycles. The maximum absolute atomic E-state index is 14.7. The lowest BCUT2D eigenvalue weighted by Crippen LogP contribution is -2.55. The molecule has 10 rings (SSSR count). The van der Waals surface area contributed by atoms with Crippen molar-refractivity contribution in [3.8, 4) is 12.1 Å². The third-order valence-corrected chi connectivity index (χ3v) is 16.5. The summed E-state index contributed by atoms with van der Waals surface area (Å²) >= 11 is 5.74. The van der Waals surface area contributed by atoms with Gasteiger partial charge in [-0.3, -0.25) is 19.6 Å². The first-order valence-electron chi connectivity index (χ1n) is 27.2. The van der Waals surface area contributed by atoms with E-state index in [1.165, 1.54) is 38.4 Å². The fraction of sp³-hybridized carbons (Fsp3) is 0.607. The molecule has 404 valence electrons. The molecule has 0 aliphatic carbocycles. The Hall–Kier alpha value is -5.63. The van der Waals surface area contributed by atoms with Crippen LogP contribution in [-0.2, 0) is 0 Å². The predicted octanol–water partition coefficient (Wildman–Crippen LogP) is 9.34. The summed E-state index contributed by atoms with van der Waals surface area (Å²) in [6.45, 7) is 28.1. The van der Waals surface area contributed by atoms with Crippen molar-refractivity contribution in [3.63, 3.8) is 0 Å². The molecule has 0 unspecified atom stereocenters. The van der Waals surface area contributed by atoms with Gasteiger partial charge in [-0.15, -0.1) is 0 Å². The summed E-state index contributed by atoms with van der Waals surface area (Å²) in [7, 11) is 0. The van der Waals surface area contributed by atoms with E-state index in [1.807, 2.05) is 30.3 Å². The molecular formula is C56H79ClF2N16. The van der Waals surface area contributed by atoms with Crippen LogP contribution >= 0.6 is 11.6 Å². The molecule has 5 N–H and O–H groups in total. The van der Waals surface area contributed by atoms with Gasteiger partial charge in [-0.05, 0) is 168 Å². The average Bonchev–Trinajstić information content (AvgIpc) is 4.08. The SMILES string of the molecule is CC(C)N1CCN(c2ccc(N)cc2C#N)CC1.CC(C)N1CCN(c2ccc(Nc3ncc(F)c(N[C@@H]4C[C@@H]5CCCN5C(C)(C)C4)n3)cc2C#N)CC1.CC1(C)C[C@H](Nc2nc(Cl)ncc2F)C[C@@H]2CCCN21. The molecule has 0 bridgehead atoms. The Labute approximate surface area is 449 Å². The second kappa shape index (κ2) is 24.1. The molecule has 16 nitrogen and oxygen atoms in total. The Morgan fingerprint density at radius 1 is 0.653 bits per heavy atom. The summed E-state index contributed by atoms with van der Waals surface area (Å²) in [5.41, 5.74) is 10.5. The zero-order valence-corrected chi connectivity index (χ0v) is 46.1. The number of aromatic nitrogens is 4. The molecule has 6 saturated heterocycles. The van der Waals surface area contributed by atoms with Crippen molar-refractivity contribution >= 4 is 51.9 Å². The van der Waals surface area contributed by atoms with E-state index in [4.69, 9.17) is 17.3 Å². The van der Waals surface area contributed by atoms with Crippen LogP contribution in [0.3, 0.4) is 0 Å². The van der Waals surface area contributed by atoms with Gasteiger partial charge in [-0.2, -0.15) is 20.5 Å². The number of piperazine rings is 2. The van der Waals surface area contributed by atoms with Gasteiger partial charge >= 0.3 is 0 Å². The minimum absolute atomic E-state index is 0.0754. The Bertz CT molecular complexity index is 2650. The first-order chi connectivity index (χ1) is 35.8. The highest BCUT2D eigenvalue weighted by Gasteiger charge is 2.44. The largest absolute Gasteiger partial charge is 0.399 e. The standard InChI is InChI=1S/C28H39FN8.C14H20ClFN4.C14H20N4/c1-19(2)35-10-12-36(13-11-35)25-8-7-21(14-20(25)17-30)33-27-31-18-24(29)26(34-27)32-22-15-23-6-5-9-37(23)28(3,4)16-22;1-14(2)7-9(6-10-4-3-5-20(10)14)18-12-11(16)8-17-13(15)19-12;1-11(2)17-5-7-18(8-6-17)14-4-3-13(16)9-12(14)10-15/h7-8,14,18-19,22-23H,5-6,9-13,15-16H2,1-4H3,(H2,31,32,33,34);8-10H,3-7H2,1-2H3,(H,17,18,19);3-4,9,11H,5-8,16H2,1-2H3/t22-,23+;9-,10+;/m11./s1. The van der Waals surface area contributed by atoms with E-state index in [9.17, 15) is 19.3 Å². The fourth-order valence-corrected chi connectivity index (χ4v) is 12.7. The lowest BCUT2D eigenvalue weighted by Gasteiger charge is -2.47. The van der Waals surface area contributed by atoms with E-state index in [2.05, 4.69) is 133 Å². The molecule has 0 radical (unpaired) electrons. The number of nitrogen functional groups attached to an aromatic ring is 1. The number of piperidine rings is 2. The van der Waals surface area contributed by atoms with Crippen LogP contribution in [0.2, 0.25) is 5.28 Å². The molecule has 19 heteroatoms. The number of fused-ring (bicyclic) bond motifs is 2. The number of benzene rings is 2. The van der Waals surface area contributed by atoms with Gasteiger partial charge in [0.25, 0.3) is 0 Å². The molecule has 0 spiro atoms. The summed E-state index contributed by atoms with van der Waals surface area (Å²) in [6.07, 6.45) is 11.2. The van der Waals surface area contributed by atoms with Gasteiger partial charge in [-0.25, -0.2) is 18.7 Å². The molecule has 8 heterocycles. The van der Waals surface area contributed by atoms with Gasteiger partial charge in [0.2, 0.25) is 11.2 Å². The minimum atomic E-state index is -0.453. The van der Waals surface area contributed by atoms with Crippen LogP contribution < -0.4 is 31.5 Å². The van der Waals surface area contributed by atoms with Crippen molar-refractivity contribution in [1.29, 1.82) is 10.5 Å². The number of anilines is 7. The van der Waals surface area contributed by atoms with Gasteiger partial charge in [-0.1, -0.05) is 0 Å². The number of halogens is 3. The van der Waals surface area contributed by atoms with Gasteiger partial charge in [0.15, 0.2) is 23.3 Å². The van der Waals surface area contributed by atoms with E-state index in [0.29, 0.717) is 52.6 Å². The van der Waals surface area contributed by atoms with E-state index < -0.39 is 11.6 Å². The number of hydrogen-bond donors (Lipinski definition) is 4. The first kappa shape index (κ1) is 55.6. The van der Waals surface area contributed by atoms with Crippen molar-refractivity contribution < 1.29 is 8.78 Å². The summed E-state index contributed by atoms with van der Waals surface area (Å²) < 4.78 is 28.4. The highest BCUT2D eigenvalue weighted by molar-refractivity contribution is 6.28. The van der Waals surface area contributed by atoms with Crippen molar-refractivity contribution in [2.45, 2.75) is 154 Å². The van der Waals surface area contributed by atoms with E-state index in [-0.39, 0.29) is 40.1 Å². The number of nitrogens with two attached hydrogens (primary N) is 1. The number of nitriles is 2. The van der Waals surface area contributed by atoms with Gasteiger partial charge in [0.05, 0.1) is 34.9 Å². The Morgan fingerprint density at radius 2 is 1.12 bits per heavy atom. The van der Waals surface area contributed by atoms with Gasteiger partial charge in [0.1, 0.15) is 12.1 Å². The van der Waals surface area contributed by atoms with Crippen LogP contribution in [0, 0.1) is 34.3 Å². The summed E-state index contributed by atoms with van der Waals surface area (Å²) in [5, 5.41) is 28.9. The summed E-state index contributed by atoms with van der Waals surface area (Å²) in [6, 6.07) is 18.5. The monoisotopic (exact) mass is 1050 g/mol. The number of hydrogen-bond acceptors (Lipinski definition) is 16. The van der Waals surface area contributed by atoms with Gasteiger partial charge < -0.3 is 31.5 Å². The van der Waals surface area contributed by atoms with Crippen molar-refractivity contribution in [2.75, 3.05) is 96.9 Å². The maximum atomic E-state index is 14.7. The molecule has 2 aromatic carbocycles. The Morgan fingerprint density at radius 3 is 1.61 bits per heavy atom. The number of rotatable bonds is 10. The van der Waals surface area contributed by atoms with E-state index >= 15 is 0 Å². The second-order valence-corrected chi connectivity index (χ2v) is 23.3. The van der Waals surface area contributed by atoms with Crippen LogP contribution in [0.15, 0.2) is 48.8 Å². The Kier molecular flexibility index (Phi) is 17.9.